The average Bonchev–Trinajstić information content (AvgIpc) is 2.16. The van der Waals surface area contributed by atoms with Crippen molar-refractivity contribution in [2.24, 2.45) is 5.92 Å². The minimum Gasteiger partial charge on any atom is -0.481 e. The van der Waals surface area contributed by atoms with Gasteiger partial charge in [-0.2, -0.15) is 22.3 Å². The topological polar surface area (TPSA) is 84.9 Å². The number of thioether (sulfide) groups is 1. The molecule has 0 aliphatic rings. The monoisotopic (exact) mass is 212 g/mol. The van der Waals surface area contributed by atoms with E-state index in [0.29, 0.717) is 24.3 Å². The first-order valence-corrected chi connectivity index (χ1v) is 5.42. The van der Waals surface area contributed by atoms with Crippen LogP contribution in [0.2, 0.25) is 0 Å². The molecule has 0 fully saturated rings. The molecule has 1 N–H and O–H groups in total. The molecule has 0 radical (unpaired) electrons. The first-order valence-electron chi connectivity index (χ1n) is 4.26. The van der Waals surface area contributed by atoms with Crippen molar-refractivity contribution in [1.29, 1.82) is 10.5 Å². The Balaban J connectivity index is 3.50. The fourth-order valence-corrected chi connectivity index (χ4v) is 1.82. The molecule has 1 unspecified atom stereocenters. The lowest BCUT2D eigenvalue weighted by atomic mass is 10.1. The molecule has 0 aromatic heterocycles. The summed E-state index contributed by atoms with van der Waals surface area (Å²) in [6.07, 6.45) is 1.09. The quantitative estimate of drug-likeness (QED) is 0.648. The van der Waals surface area contributed by atoms with Crippen molar-refractivity contribution in [2.75, 3.05) is 11.5 Å². The molecule has 0 amide bonds. The lowest BCUT2D eigenvalue weighted by molar-refractivity contribution is -0.136. The Kier molecular flexibility index (Phi) is 7.68. The highest BCUT2D eigenvalue weighted by Gasteiger charge is 2.07. The van der Waals surface area contributed by atoms with Crippen molar-refractivity contribution >= 4 is 17.7 Å². The zero-order valence-corrected chi connectivity index (χ0v) is 8.59. The molecule has 0 aliphatic heterocycles. The van der Waals surface area contributed by atoms with Crippen LogP contribution in [-0.2, 0) is 4.79 Å². The third-order valence-electron chi connectivity index (χ3n) is 1.57. The van der Waals surface area contributed by atoms with Crippen LogP contribution in [0.1, 0.15) is 19.3 Å². The molecule has 0 saturated carbocycles. The number of carboxylic acids is 1. The van der Waals surface area contributed by atoms with Crippen molar-refractivity contribution in [3.8, 4) is 12.1 Å². The SMILES string of the molecule is N#CCCC(C#N)CSCCC(=O)O. The Labute approximate surface area is 87.5 Å². The van der Waals surface area contributed by atoms with E-state index < -0.39 is 5.97 Å². The normalized spacial score (nSPS) is 11.3. The van der Waals surface area contributed by atoms with Crippen LogP contribution in [0.5, 0.6) is 0 Å². The molecule has 0 aromatic rings. The summed E-state index contributed by atoms with van der Waals surface area (Å²) < 4.78 is 0. The van der Waals surface area contributed by atoms with Gasteiger partial charge in [-0.15, -0.1) is 0 Å². The molecule has 14 heavy (non-hydrogen) atoms. The molecule has 0 bridgehead atoms. The highest BCUT2D eigenvalue weighted by molar-refractivity contribution is 7.99. The summed E-state index contributed by atoms with van der Waals surface area (Å²) in [6.45, 7) is 0. The van der Waals surface area contributed by atoms with Gasteiger partial charge in [0, 0.05) is 17.9 Å². The Bertz CT molecular complexity index is 255. The highest BCUT2D eigenvalue weighted by Crippen LogP contribution is 2.13. The molecule has 1 atom stereocenters. The van der Waals surface area contributed by atoms with Crippen molar-refractivity contribution < 1.29 is 9.90 Å². The van der Waals surface area contributed by atoms with Gasteiger partial charge >= 0.3 is 5.97 Å². The Morgan fingerprint density at radius 3 is 2.71 bits per heavy atom. The van der Waals surface area contributed by atoms with E-state index in [4.69, 9.17) is 15.6 Å². The van der Waals surface area contributed by atoms with Gasteiger partial charge in [0.15, 0.2) is 0 Å². The fourth-order valence-electron chi connectivity index (χ4n) is 0.809. The van der Waals surface area contributed by atoms with Crippen LogP contribution in [0, 0.1) is 28.6 Å². The average molecular weight is 212 g/mol. The second kappa shape index (κ2) is 8.40. The molecule has 0 aromatic carbocycles. The summed E-state index contributed by atoms with van der Waals surface area (Å²) in [5.41, 5.74) is 0. The molecule has 4 nitrogen and oxygen atoms in total. The van der Waals surface area contributed by atoms with E-state index in [2.05, 4.69) is 6.07 Å². The van der Waals surface area contributed by atoms with Crippen LogP contribution in [-0.4, -0.2) is 22.6 Å². The predicted molar refractivity (Wildman–Crippen MR) is 53.5 cm³/mol. The minimum absolute atomic E-state index is 0.126. The van der Waals surface area contributed by atoms with E-state index in [1.165, 1.54) is 11.8 Å². The highest BCUT2D eigenvalue weighted by atomic mass is 32.2. The molecule has 5 heteroatoms. The first-order chi connectivity index (χ1) is 6.70. The van der Waals surface area contributed by atoms with E-state index in [1.54, 1.807) is 0 Å². The van der Waals surface area contributed by atoms with E-state index in [1.807, 2.05) is 6.07 Å². The van der Waals surface area contributed by atoms with Crippen molar-refractivity contribution in [3.05, 3.63) is 0 Å². The number of nitriles is 2. The number of hydrogen-bond acceptors (Lipinski definition) is 4. The van der Waals surface area contributed by atoms with Gasteiger partial charge in [-0.25, -0.2) is 0 Å². The van der Waals surface area contributed by atoms with Gasteiger partial charge in [0.2, 0.25) is 0 Å². The van der Waals surface area contributed by atoms with E-state index in [0.717, 1.165) is 0 Å². The standard InChI is InChI=1S/C9H12N2O2S/c10-4-1-2-8(6-11)7-14-5-3-9(12)13/h8H,1-3,5,7H2,(H,12,13). The van der Waals surface area contributed by atoms with E-state index in [9.17, 15) is 4.79 Å². The minimum atomic E-state index is -0.817. The number of carbonyl (C=O) groups is 1. The van der Waals surface area contributed by atoms with Crippen molar-refractivity contribution in [1.82, 2.24) is 0 Å². The number of carboxylic acid groups (broad SMARTS) is 1. The van der Waals surface area contributed by atoms with Crippen LogP contribution in [0.25, 0.3) is 0 Å². The van der Waals surface area contributed by atoms with Crippen LogP contribution in [0.4, 0.5) is 0 Å². The van der Waals surface area contributed by atoms with Crippen LogP contribution < -0.4 is 0 Å². The maximum absolute atomic E-state index is 10.2. The maximum Gasteiger partial charge on any atom is 0.304 e. The molecule has 76 valence electrons. The third-order valence-corrected chi connectivity index (χ3v) is 2.70. The zero-order valence-electron chi connectivity index (χ0n) is 7.77. The second-order valence-electron chi connectivity index (χ2n) is 2.74. The Morgan fingerprint density at radius 2 is 2.21 bits per heavy atom. The van der Waals surface area contributed by atoms with Gasteiger partial charge in [0.05, 0.1) is 24.5 Å². The van der Waals surface area contributed by atoms with Crippen LogP contribution in [0.3, 0.4) is 0 Å². The van der Waals surface area contributed by atoms with Crippen LogP contribution in [0.15, 0.2) is 0 Å². The number of hydrogen-bond donors (Lipinski definition) is 1. The third kappa shape index (κ3) is 7.45. The molecular formula is C9H12N2O2S. The lowest BCUT2D eigenvalue weighted by Gasteiger charge is -2.04. The summed E-state index contributed by atoms with van der Waals surface area (Å²) in [7, 11) is 0. The maximum atomic E-state index is 10.2. The van der Waals surface area contributed by atoms with Gasteiger partial charge in [-0.05, 0) is 6.42 Å². The number of aliphatic carboxylic acids is 1. The van der Waals surface area contributed by atoms with Crippen LogP contribution >= 0.6 is 11.8 Å². The summed E-state index contributed by atoms with van der Waals surface area (Å²) in [5, 5.41) is 25.3. The first kappa shape index (κ1) is 12.8. The molecule has 0 spiro atoms. The number of rotatable bonds is 7. The zero-order chi connectivity index (χ0) is 10.8. The van der Waals surface area contributed by atoms with Gasteiger partial charge in [0.1, 0.15) is 0 Å². The lowest BCUT2D eigenvalue weighted by Crippen LogP contribution is -2.03. The summed E-state index contributed by atoms with van der Waals surface area (Å²) in [4.78, 5) is 10.2. The van der Waals surface area contributed by atoms with Gasteiger partial charge in [-0.1, -0.05) is 0 Å². The molecule has 0 heterocycles. The second-order valence-corrected chi connectivity index (χ2v) is 3.89. The van der Waals surface area contributed by atoms with E-state index in [-0.39, 0.29) is 12.3 Å². The number of nitrogens with zero attached hydrogens (tertiary/aromatic N) is 2. The van der Waals surface area contributed by atoms with Gasteiger partial charge in [-0.3, -0.25) is 4.79 Å². The Hall–Kier alpha value is -1.20. The summed E-state index contributed by atoms with van der Waals surface area (Å²) >= 11 is 1.45. The summed E-state index contributed by atoms with van der Waals surface area (Å²) in [5.74, 6) is 0.197. The molecular weight excluding hydrogens is 200 g/mol. The van der Waals surface area contributed by atoms with Crippen molar-refractivity contribution in [2.45, 2.75) is 19.3 Å². The van der Waals surface area contributed by atoms with Crippen molar-refractivity contribution in [3.63, 3.8) is 0 Å². The molecule has 0 aliphatic carbocycles. The van der Waals surface area contributed by atoms with E-state index >= 15 is 0 Å². The fraction of sp³-hybridized carbons (Fsp3) is 0.667. The largest absolute Gasteiger partial charge is 0.481 e. The smallest absolute Gasteiger partial charge is 0.304 e. The molecule has 0 rings (SSSR count). The van der Waals surface area contributed by atoms with Gasteiger partial charge in [0.25, 0.3) is 0 Å². The van der Waals surface area contributed by atoms with Gasteiger partial charge < -0.3 is 5.11 Å². The summed E-state index contributed by atoms with van der Waals surface area (Å²) in [6, 6.07) is 4.09. The Morgan fingerprint density at radius 1 is 1.50 bits per heavy atom. The predicted octanol–water partition coefficient (Wildman–Crippen LogP) is 1.64. The molecule has 0 saturated heterocycles.